The lowest BCUT2D eigenvalue weighted by atomic mass is 9.71. The summed E-state index contributed by atoms with van der Waals surface area (Å²) in [6, 6.07) is -0.141. The first kappa shape index (κ1) is 19.2. The summed E-state index contributed by atoms with van der Waals surface area (Å²) in [6.07, 6.45) is 0.288. The summed E-state index contributed by atoms with van der Waals surface area (Å²) in [5.74, 6) is -1.95. The molecule has 0 aromatic heterocycles. The van der Waals surface area contributed by atoms with Crippen molar-refractivity contribution in [3.8, 4) is 0 Å². The molecule has 2 saturated heterocycles. The molecule has 26 heavy (non-hydrogen) atoms. The molecule has 0 saturated carbocycles. The molecule has 5 atom stereocenters. The molecule has 3 rings (SSSR count). The minimum Gasteiger partial charge on any atom is -0.477 e. The van der Waals surface area contributed by atoms with E-state index < -0.39 is 23.5 Å². The minimum absolute atomic E-state index is 0.0433. The van der Waals surface area contributed by atoms with Gasteiger partial charge in [0.2, 0.25) is 5.91 Å². The maximum Gasteiger partial charge on any atom is 0.353 e. The molecule has 2 amide bonds. The van der Waals surface area contributed by atoms with E-state index in [-0.39, 0.29) is 28.8 Å². The molecule has 3 aliphatic rings. The van der Waals surface area contributed by atoms with Gasteiger partial charge in [-0.05, 0) is 13.8 Å². The van der Waals surface area contributed by atoms with E-state index in [0.717, 1.165) is 6.54 Å². The Balaban J connectivity index is 1.77. The topological polar surface area (TPSA) is 115 Å². The molecule has 9 heteroatoms. The van der Waals surface area contributed by atoms with Gasteiger partial charge in [0.1, 0.15) is 5.70 Å². The smallest absolute Gasteiger partial charge is 0.353 e. The fraction of sp³-hybridized carbons (Fsp3) is 0.706. The number of likely N-dealkylation sites (N-methyl/N-ethyl adjacent to an activating group) is 1. The average Bonchev–Trinajstić information content (AvgIpc) is 3.07. The lowest BCUT2D eigenvalue weighted by Gasteiger charge is -2.53. The summed E-state index contributed by atoms with van der Waals surface area (Å²) in [5, 5.41) is 21.7. The second kappa shape index (κ2) is 6.54. The first-order valence-electron chi connectivity index (χ1n) is 8.77. The highest BCUT2D eigenvalue weighted by Gasteiger charge is 2.65. The summed E-state index contributed by atoms with van der Waals surface area (Å²) in [7, 11) is 3.46. The maximum atomic E-state index is 12.4. The number of rotatable bonds is 5. The third kappa shape index (κ3) is 2.82. The van der Waals surface area contributed by atoms with Gasteiger partial charge in [0.15, 0.2) is 6.04 Å². The molecule has 0 aliphatic carbocycles. The van der Waals surface area contributed by atoms with Crippen molar-refractivity contribution in [1.29, 1.82) is 0 Å². The number of nitrogens with zero attached hydrogens (tertiary/aromatic N) is 2. The van der Waals surface area contributed by atoms with Gasteiger partial charge in [-0.15, -0.1) is 11.8 Å². The average molecular weight is 384 g/mol. The highest BCUT2D eigenvalue weighted by atomic mass is 32.2. The van der Waals surface area contributed by atoms with E-state index in [4.69, 9.17) is 0 Å². The highest BCUT2D eigenvalue weighted by molar-refractivity contribution is 8.03. The van der Waals surface area contributed by atoms with Crippen molar-refractivity contribution in [3.05, 3.63) is 10.6 Å². The lowest BCUT2D eigenvalue weighted by molar-refractivity contribution is -0.657. The van der Waals surface area contributed by atoms with E-state index >= 15 is 0 Å². The van der Waals surface area contributed by atoms with Crippen LogP contribution in [-0.2, 0) is 14.4 Å². The van der Waals surface area contributed by atoms with Crippen LogP contribution in [0, 0.1) is 5.92 Å². The Hall–Kier alpha value is -1.58. The number of β-lactam (4-membered cyclic amide) rings is 1. The summed E-state index contributed by atoms with van der Waals surface area (Å²) in [5.41, 5.74) is -0.635. The molecule has 3 aliphatic heterocycles. The molecule has 0 spiro atoms. The number of hydrogen-bond donors (Lipinski definition) is 3. The second-order valence-electron chi connectivity index (χ2n) is 7.79. The number of carboxylic acids is 1. The molecule has 5 unspecified atom stereocenters. The number of aliphatic hydroxyl groups is 1. The minimum atomic E-state index is -1.11. The lowest BCUT2D eigenvalue weighted by Crippen LogP contribution is -2.89. The van der Waals surface area contributed by atoms with Gasteiger partial charge in [-0.2, -0.15) is 0 Å². The van der Waals surface area contributed by atoms with Gasteiger partial charge in [0.05, 0.1) is 29.4 Å². The molecule has 2 fully saturated rings. The molecule has 0 radical (unpaired) electrons. The number of fused-ring (bicyclic) bond motifs is 1. The molecule has 3 heterocycles. The highest BCUT2D eigenvalue weighted by Crippen LogP contribution is 2.55. The Labute approximate surface area is 156 Å². The largest absolute Gasteiger partial charge is 0.477 e. The van der Waals surface area contributed by atoms with Crippen LogP contribution in [0.3, 0.4) is 0 Å². The third-order valence-corrected chi connectivity index (χ3v) is 6.97. The zero-order valence-electron chi connectivity index (χ0n) is 15.4. The van der Waals surface area contributed by atoms with E-state index in [1.54, 1.807) is 25.9 Å². The number of carbonyl (C=O) groups is 3. The van der Waals surface area contributed by atoms with Gasteiger partial charge < -0.3 is 20.4 Å². The Morgan fingerprint density at radius 1 is 1.42 bits per heavy atom. The molecule has 8 nitrogen and oxygen atoms in total. The van der Waals surface area contributed by atoms with Crippen molar-refractivity contribution >= 4 is 29.5 Å². The van der Waals surface area contributed by atoms with Gasteiger partial charge in [-0.1, -0.05) is 0 Å². The van der Waals surface area contributed by atoms with Crippen molar-refractivity contribution in [3.63, 3.8) is 0 Å². The number of quaternary nitrogens is 1. The van der Waals surface area contributed by atoms with Crippen molar-refractivity contribution in [2.75, 3.05) is 20.6 Å². The van der Waals surface area contributed by atoms with Crippen LogP contribution in [0.5, 0.6) is 0 Å². The zero-order valence-corrected chi connectivity index (χ0v) is 16.2. The van der Waals surface area contributed by atoms with Gasteiger partial charge in [-0.25, -0.2) is 4.79 Å². The van der Waals surface area contributed by atoms with Crippen LogP contribution < -0.4 is 5.32 Å². The summed E-state index contributed by atoms with van der Waals surface area (Å²) in [6.45, 7) is 4.14. The predicted octanol–water partition coefficient (Wildman–Crippen LogP) is -1.19. The maximum absolute atomic E-state index is 12.4. The third-order valence-electron chi connectivity index (χ3n) is 5.63. The number of amides is 2. The quantitative estimate of drug-likeness (QED) is 0.514. The van der Waals surface area contributed by atoms with Crippen LogP contribution >= 0.6 is 11.8 Å². The zero-order chi connectivity index (χ0) is 19.4. The van der Waals surface area contributed by atoms with E-state index in [0.29, 0.717) is 17.7 Å². The molecular formula is C17H26N3O5S+. The van der Waals surface area contributed by atoms with Crippen LogP contribution in [0.2, 0.25) is 0 Å². The van der Waals surface area contributed by atoms with Crippen LogP contribution in [0.25, 0.3) is 0 Å². The van der Waals surface area contributed by atoms with Gasteiger partial charge in [-0.3, -0.25) is 14.5 Å². The van der Waals surface area contributed by atoms with E-state index in [9.17, 15) is 24.6 Å². The van der Waals surface area contributed by atoms with Crippen molar-refractivity contribution < 1.29 is 29.9 Å². The second-order valence-corrected chi connectivity index (χ2v) is 9.18. The summed E-state index contributed by atoms with van der Waals surface area (Å²) >= 11 is 1.47. The van der Waals surface area contributed by atoms with E-state index in [1.807, 2.05) is 12.2 Å². The molecule has 0 aromatic carbocycles. The fourth-order valence-electron chi connectivity index (χ4n) is 4.48. The number of carbonyl (C=O) groups excluding carboxylic acids is 2. The number of carboxylic acid groups (broad SMARTS) is 1. The first-order chi connectivity index (χ1) is 12.1. The number of nitrogens with two attached hydrogens (primary N) is 1. The molecular weight excluding hydrogens is 358 g/mol. The molecule has 144 valence electrons. The van der Waals surface area contributed by atoms with E-state index in [2.05, 4.69) is 0 Å². The van der Waals surface area contributed by atoms with E-state index in [1.165, 1.54) is 16.7 Å². The Kier molecular flexibility index (Phi) is 4.83. The van der Waals surface area contributed by atoms with Crippen molar-refractivity contribution in [1.82, 2.24) is 9.80 Å². The monoisotopic (exact) mass is 384 g/mol. The molecule has 4 N–H and O–H groups in total. The molecule has 0 aromatic rings. The Morgan fingerprint density at radius 2 is 2.08 bits per heavy atom. The first-order valence-corrected chi connectivity index (χ1v) is 9.65. The number of hydrogen-bond acceptors (Lipinski definition) is 5. The Morgan fingerprint density at radius 3 is 2.62 bits per heavy atom. The summed E-state index contributed by atoms with van der Waals surface area (Å²) < 4.78 is 0. The van der Waals surface area contributed by atoms with Crippen LogP contribution in [0.15, 0.2) is 10.6 Å². The number of thioether (sulfide) groups is 1. The van der Waals surface area contributed by atoms with Gasteiger partial charge in [0.25, 0.3) is 5.91 Å². The predicted molar refractivity (Wildman–Crippen MR) is 95.0 cm³/mol. The van der Waals surface area contributed by atoms with Gasteiger partial charge >= 0.3 is 5.97 Å². The van der Waals surface area contributed by atoms with Gasteiger partial charge in [0, 0.05) is 31.8 Å². The standard InChI is InChI=1S/C17H25N3O5S/c1-8(21)12-15(23)20-13(16(24)25)11(6-17(12,20)2)26-9-5-10(18-7-9)14(22)19(3)4/h8-10,12,18,21H,5-7H2,1-4H3,(H,24,25)/p+1. The van der Waals surface area contributed by atoms with Crippen LogP contribution in [0.4, 0.5) is 0 Å². The number of aliphatic hydroxyl groups excluding tert-OH is 1. The van der Waals surface area contributed by atoms with Crippen LogP contribution in [0.1, 0.15) is 26.7 Å². The summed E-state index contributed by atoms with van der Waals surface area (Å²) in [4.78, 5) is 39.9. The van der Waals surface area contributed by atoms with Crippen molar-refractivity contribution in [2.45, 2.75) is 49.6 Å². The Bertz CT molecular complexity index is 692. The fourth-order valence-corrected chi connectivity index (χ4v) is 6.06. The van der Waals surface area contributed by atoms with Crippen molar-refractivity contribution in [2.24, 2.45) is 5.92 Å². The van der Waals surface area contributed by atoms with Crippen LogP contribution in [-0.4, -0.2) is 81.4 Å². The molecule has 0 bridgehead atoms. The number of aliphatic carboxylic acids is 1. The normalized spacial score (nSPS) is 34.6. The SMILES string of the molecule is CC(O)C1C(=O)N2C(C(=O)O)=C(SC3C[NH2+]C(C(=O)N(C)C)C3)CC12C.